The van der Waals surface area contributed by atoms with Crippen LogP contribution in [0.4, 0.5) is 0 Å². The lowest BCUT2D eigenvalue weighted by Crippen LogP contribution is -2.34. The number of carbonyl (C=O) groups is 1. The summed E-state index contributed by atoms with van der Waals surface area (Å²) in [4.78, 5) is 34.8. The Morgan fingerprint density at radius 3 is 2.79 bits per heavy atom. The summed E-state index contributed by atoms with van der Waals surface area (Å²) in [6, 6.07) is 7.20. The van der Waals surface area contributed by atoms with E-state index in [0.29, 0.717) is 35.6 Å². The van der Waals surface area contributed by atoms with Crippen molar-refractivity contribution in [2.24, 2.45) is 5.92 Å². The minimum Gasteiger partial charge on any atom is -0.332 e. The highest BCUT2D eigenvalue weighted by Crippen LogP contribution is 2.13. The molecule has 7 nitrogen and oxygen atoms in total. The van der Waals surface area contributed by atoms with Gasteiger partial charge in [0.15, 0.2) is 5.65 Å². The number of carbonyl (C=O) groups excluding carboxylic acids is 1. The summed E-state index contributed by atoms with van der Waals surface area (Å²) < 4.78 is 0. The lowest BCUT2D eigenvalue weighted by atomic mass is 10.1. The number of rotatable bonds is 5. The lowest BCUT2D eigenvalue weighted by Gasteiger charge is -2.24. The van der Waals surface area contributed by atoms with Gasteiger partial charge in [-0.1, -0.05) is 19.9 Å². The number of hydrogen-bond donors (Lipinski definition) is 2. The van der Waals surface area contributed by atoms with E-state index >= 15 is 0 Å². The Bertz CT molecular complexity index is 898. The van der Waals surface area contributed by atoms with E-state index in [1.54, 1.807) is 17.2 Å². The second-order valence-electron chi connectivity index (χ2n) is 6.10. The first-order chi connectivity index (χ1) is 11.5. The van der Waals surface area contributed by atoms with Crippen LogP contribution in [0.2, 0.25) is 0 Å². The Hall–Kier alpha value is -2.96. The molecule has 3 aromatic rings. The number of fused-ring (bicyclic) bond motifs is 1. The van der Waals surface area contributed by atoms with Gasteiger partial charge in [-0.2, -0.15) is 0 Å². The molecule has 0 aliphatic heterocycles. The molecule has 3 aromatic heterocycles. The van der Waals surface area contributed by atoms with Crippen molar-refractivity contribution in [3.8, 4) is 0 Å². The Kier molecular flexibility index (Phi) is 4.41. The van der Waals surface area contributed by atoms with Gasteiger partial charge in [-0.3, -0.25) is 24.8 Å². The number of aromatic amines is 2. The average Bonchev–Trinajstić information content (AvgIpc) is 2.95. The van der Waals surface area contributed by atoms with Gasteiger partial charge in [0.25, 0.3) is 11.5 Å². The fourth-order valence-electron chi connectivity index (χ4n) is 2.57. The fourth-order valence-corrected chi connectivity index (χ4v) is 2.57. The van der Waals surface area contributed by atoms with Crippen LogP contribution < -0.4 is 5.56 Å². The smallest absolute Gasteiger partial charge is 0.273 e. The predicted molar refractivity (Wildman–Crippen MR) is 90.5 cm³/mol. The summed E-state index contributed by atoms with van der Waals surface area (Å²) in [6.07, 6.45) is 3.19. The number of pyridine rings is 2. The van der Waals surface area contributed by atoms with Gasteiger partial charge < -0.3 is 4.90 Å². The third kappa shape index (κ3) is 3.34. The molecular formula is C17H19N5O2. The highest BCUT2D eigenvalue weighted by atomic mass is 16.2. The van der Waals surface area contributed by atoms with Gasteiger partial charge in [0.1, 0.15) is 0 Å². The highest BCUT2D eigenvalue weighted by Gasteiger charge is 2.19. The first-order valence-electron chi connectivity index (χ1n) is 7.80. The van der Waals surface area contributed by atoms with Gasteiger partial charge in [0.2, 0.25) is 0 Å². The largest absolute Gasteiger partial charge is 0.332 e. The van der Waals surface area contributed by atoms with E-state index in [9.17, 15) is 9.59 Å². The fraction of sp³-hybridized carbons (Fsp3) is 0.294. The van der Waals surface area contributed by atoms with Crippen molar-refractivity contribution in [1.29, 1.82) is 0 Å². The van der Waals surface area contributed by atoms with Crippen LogP contribution in [0.1, 0.15) is 29.9 Å². The second-order valence-corrected chi connectivity index (χ2v) is 6.10. The van der Waals surface area contributed by atoms with E-state index in [1.165, 1.54) is 6.20 Å². The molecule has 7 heteroatoms. The van der Waals surface area contributed by atoms with Crippen LogP contribution in [0.15, 0.2) is 41.5 Å². The average molecular weight is 325 g/mol. The third-order valence-corrected chi connectivity index (χ3v) is 3.63. The zero-order valence-electron chi connectivity index (χ0n) is 13.6. The van der Waals surface area contributed by atoms with Crippen molar-refractivity contribution in [2.45, 2.75) is 20.4 Å². The predicted octanol–water partition coefficient (Wildman–Crippen LogP) is 1.94. The minimum atomic E-state index is -0.285. The summed E-state index contributed by atoms with van der Waals surface area (Å²) in [5.74, 6) is 0.148. The summed E-state index contributed by atoms with van der Waals surface area (Å²) in [5.41, 5.74) is 1.37. The maximum Gasteiger partial charge on any atom is 0.273 e. The number of aromatic nitrogens is 4. The van der Waals surface area contributed by atoms with Crippen molar-refractivity contribution in [1.82, 2.24) is 25.1 Å². The molecule has 2 N–H and O–H groups in total. The Labute approximate surface area is 138 Å². The van der Waals surface area contributed by atoms with Crippen molar-refractivity contribution >= 4 is 16.9 Å². The van der Waals surface area contributed by atoms with Crippen molar-refractivity contribution in [2.75, 3.05) is 6.54 Å². The SMILES string of the molecule is CC(C)CN(Cc1ccccn1)C(=O)c1cnc2[nH][nH]c(=O)c2c1. The summed E-state index contributed by atoms with van der Waals surface area (Å²) in [5, 5.41) is 5.52. The number of hydrogen-bond acceptors (Lipinski definition) is 4. The molecule has 0 spiro atoms. The van der Waals surface area contributed by atoms with Crippen molar-refractivity contribution < 1.29 is 4.79 Å². The molecule has 0 radical (unpaired) electrons. The zero-order chi connectivity index (χ0) is 17.1. The van der Waals surface area contributed by atoms with Crippen molar-refractivity contribution in [3.63, 3.8) is 0 Å². The summed E-state index contributed by atoms with van der Waals surface area (Å²) in [7, 11) is 0. The van der Waals surface area contributed by atoms with Crippen LogP contribution in [0, 0.1) is 5.92 Å². The zero-order valence-corrected chi connectivity index (χ0v) is 13.6. The number of amides is 1. The Morgan fingerprint density at radius 2 is 2.08 bits per heavy atom. The topological polar surface area (TPSA) is 94.7 Å². The highest BCUT2D eigenvalue weighted by molar-refractivity contribution is 5.96. The Balaban J connectivity index is 1.91. The quantitative estimate of drug-likeness (QED) is 0.749. The standard InChI is InChI=1S/C17H19N5O2/c1-11(2)9-22(10-13-5-3-4-6-18-13)17(24)12-7-14-15(19-8-12)20-21-16(14)23/h3-8,11H,9-10H2,1-2H3,(H2,19,20,21,23). The maximum atomic E-state index is 12.9. The van der Waals surface area contributed by atoms with Crippen LogP contribution in [-0.4, -0.2) is 37.5 Å². The summed E-state index contributed by atoms with van der Waals surface area (Å²) in [6.45, 7) is 5.12. The third-order valence-electron chi connectivity index (χ3n) is 3.63. The Morgan fingerprint density at radius 1 is 1.25 bits per heavy atom. The summed E-state index contributed by atoms with van der Waals surface area (Å²) >= 11 is 0. The van der Waals surface area contributed by atoms with E-state index in [1.807, 2.05) is 18.2 Å². The monoisotopic (exact) mass is 325 g/mol. The molecule has 0 unspecified atom stereocenters. The van der Waals surface area contributed by atoms with E-state index < -0.39 is 0 Å². The molecule has 24 heavy (non-hydrogen) atoms. The first-order valence-corrected chi connectivity index (χ1v) is 7.80. The molecule has 0 aliphatic carbocycles. The van der Waals surface area contributed by atoms with E-state index in [-0.39, 0.29) is 11.5 Å². The van der Waals surface area contributed by atoms with Gasteiger partial charge in [0, 0.05) is 18.9 Å². The van der Waals surface area contributed by atoms with E-state index in [0.717, 1.165) is 5.69 Å². The molecule has 0 atom stereocenters. The molecule has 0 aromatic carbocycles. The first kappa shape index (κ1) is 15.9. The number of nitrogens with one attached hydrogen (secondary N) is 2. The molecule has 0 fully saturated rings. The second kappa shape index (κ2) is 6.66. The maximum absolute atomic E-state index is 12.9. The van der Waals surface area contributed by atoms with Gasteiger partial charge in [0.05, 0.1) is 23.2 Å². The molecular weight excluding hydrogens is 306 g/mol. The van der Waals surface area contributed by atoms with Crippen LogP contribution in [0.5, 0.6) is 0 Å². The van der Waals surface area contributed by atoms with Gasteiger partial charge in [-0.15, -0.1) is 0 Å². The van der Waals surface area contributed by atoms with Gasteiger partial charge in [-0.05, 0) is 24.1 Å². The van der Waals surface area contributed by atoms with Crippen molar-refractivity contribution in [3.05, 3.63) is 58.3 Å². The van der Waals surface area contributed by atoms with Gasteiger partial charge >= 0.3 is 0 Å². The van der Waals surface area contributed by atoms with Crippen LogP contribution in [0.25, 0.3) is 11.0 Å². The lowest BCUT2D eigenvalue weighted by molar-refractivity contribution is 0.0720. The molecule has 0 aliphatic rings. The van der Waals surface area contributed by atoms with E-state index in [4.69, 9.17) is 0 Å². The molecule has 0 saturated heterocycles. The van der Waals surface area contributed by atoms with Crippen LogP contribution in [-0.2, 0) is 6.54 Å². The molecule has 0 saturated carbocycles. The molecule has 3 rings (SSSR count). The molecule has 3 heterocycles. The molecule has 1 amide bonds. The normalized spacial score (nSPS) is 11.1. The van der Waals surface area contributed by atoms with Gasteiger partial charge in [-0.25, -0.2) is 4.98 Å². The van der Waals surface area contributed by atoms with E-state index in [2.05, 4.69) is 34.0 Å². The molecule has 124 valence electrons. The number of H-pyrrole nitrogens is 2. The minimum absolute atomic E-state index is 0.163. The number of nitrogens with zero attached hydrogens (tertiary/aromatic N) is 3. The van der Waals surface area contributed by atoms with Crippen LogP contribution >= 0.6 is 0 Å². The van der Waals surface area contributed by atoms with Crippen LogP contribution in [0.3, 0.4) is 0 Å². The molecule has 0 bridgehead atoms.